The maximum atomic E-state index is 13.0. The number of rotatable bonds is 5. The van der Waals surface area contributed by atoms with E-state index in [9.17, 15) is 23.1 Å². The monoisotopic (exact) mass is 416 g/mol. The molecule has 0 radical (unpaired) electrons. The number of nitrogens with one attached hydrogen (secondary N) is 1. The van der Waals surface area contributed by atoms with Crippen LogP contribution in [0.2, 0.25) is 0 Å². The van der Waals surface area contributed by atoms with Gasteiger partial charge in [0, 0.05) is 17.8 Å². The molecule has 0 unspecified atom stereocenters. The zero-order valence-corrected chi connectivity index (χ0v) is 16.9. The van der Waals surface area contributed by atoms with Crippen LogP contribution in [0.5, 0.6) is 11.6 Å². The molecule has 0 bridgehead atoms. The van der Waals surface area contributed by atoms with Crippen LogP contribution in [0.25, 0.3) is 10.8 Å². The van der Waals surface area contributed by atoms with Crippen molar-refractivity contribution in [3.8, 4) is 11.6 Å². The topological polar surface area (TPSA) is 115 Å². The molecule has 3 rings (SSSR count). The van der Waals surface area contributed by atoms with Crippen LogP contribution in [0.4, 0.5) is 5.69 Å². The van der Waals surface area contributed by atoms with Crippen LogP contribution in [0, 0.1) is 0 Å². The molecular weight excluding hydrogens is 396 g/mol. The molecule has 0 aliphatic heterocycles. The van der Waals surface area contributed by atoms with Crippen molar-refractivity contribution >= 4 is 32.2 Å². The highest BCUT2D eigenvalue weighted by Gasteiger charge is 2.22. The molecule has 8 nitrogen and oxygen atoms in total. The summed E-state index contributed by atoms with van der Waals surface area (Å²) in [7, 11) is -0.759. The van der Waals surface area contributed by atoms with Crippen molar-refractivity contribution in [2.45, 2.75) is 11.8 Å². The number of aromatic hydroxyl groups is 1. The standard InChI is InChI=1S/C20H20N2O6S/c1-4-29(26,27)12-9-10-16(28-3)15(11-12)21-18(23)17-13-7-5-6-8-14(13)19(24)22(2)20(17)25/h5-11,25H,4H2,1-3H3,(H,21,23). The van der Waals surface area contributed by atoms with Gasteiger partial charge in [-0.3, -0.25) is 14.2 Å². The number of hydrogen-bond donors (Lipinski definition) is 2. The molecule has 9 heteroatoms. The van der Waals surface area contributed by atoms with E-state index >= 15 is 0 Å². The minimum Gasteiger partial charge on any atom is -0.495 e. The molecule has 1 heterocycles. The van der Waals surface area contributed by atoms with Gasteiger partial charge in [0.25, 0.3) is 11.5 Å². The fourth-order valence-electron chi connectivity index (χ4n) is 3.01. The molecule has 1 amide bonds. The number of fused-ring (bicyclic) bond motifs is 1. The average molecular weight is 416 g/mol. The number of benzene rings is 2. The Bertz CT molecular complexity index is 1280. The molecule has 152 valence electrons. The number of pyridine rings is 1. The Hall–Kier alpha value is -3.33. The van der Waals surface area contributed by atoms with E-state index in [1.54, 1.807) is 24.3 Å². The number of amides is 1. The van der Waals surface area contributed by atoms with E-state index in [0.29, 0.717) is 0 Å². The van der Waals surface area contributed by atoms with Gasteiger partial charge in [0.05, 0.1) is 23.4 Å². The number of sulfone groups is 1. The van der Waals surface area contributed by atoms with Gasteiger partial charge in [-0.05, 0) is 24.3 Å². The van der Waals surface area contributed by atoms with Crippen molar-refractivity contribution in [3.63, 3.8) is 0 Å². The van der Waals surface area contributed by atoms with E-state index < -0.39 is 27.2 Å². The minimum absolute atomic E-state index is 0.0330. The number of methoxy groups -OCH3 is 1. The highest BCUT2D eigenvalue weighted by molar-refractivity contribution is 7.91. The first-order valence-electron chi connectivity index (χ1n) is 8.74. The van der Waals surface area contributed by atoms with E-state index in [4.69, 9.17) is 4.74 Å². The molecule has 0 atom stereocenters. The molecule has 0 aliphatic carbocycles. The Morgan fingerprint density at radius 2 is 1.83 bits per heavy atom. The van der Waals surface area contributed by atoms with Crippen molar-refractivity contribution < 1.29 is 23.1 Å². The van der Waals surface area contributed by atoms with Crippen LogP contribution >= 0.6 is 0 Å². The van der Waals surface area contributed by atoms with Crippen molar-refractivity contribution in [3.05, 3.63) is 58.4 Å². The predicted octanol–water partition coefficient (Wildman–Crippen LogP) is 2.30. The van der Waals surface area contributed by atoms with Crippen LogP contribution in [-0.4, -0.2) is 36.9 Å². The molecule has 0 saturated carbocycles. The van der Waals surface area contributed by atoms with Gasteiger partial charge < -0.3 is 15.2 Å². The summed E-state index contributed by atoms with van der Waals surface area (Å²) < 4.78 is 30.6. The largest absolute Gasteiger partial charge is 0.495 e. The first-order valence-corrected chi connectivity index (χ1v) is 10.4. The highest BCUT2D eigenvalue weighted by atomic mass is 32.2. The Morgan fingerprint density at radius 1 is 1.17 bits per heavy atom. The summed E-state index contributed by atoms with van der Waals surface area (Å²) in [5, 5.41) is 13.6. The lowest BCUT2D eigenvalue weighted by Gasteiger charge is -2.15. The zero-order valence-electron chi connectivity index (χ0n) is 16.1. The molecule has 0 aliphatic rings. The van der Waals surface area contributed by atoms with Crippen molar-refractivity contribution in [1.29, 1.82) is 0 Å². The van der Waals surface area contributed by atoms with Gasteiger partial charge in [0.2, 0.25) is 5.88 Å². The van der Waals surface area contributed by atoms with Gasteiger partial charge in [0.15, 0.2) is 9.84 Å². The lowest BCUT2D eigenvalue weighted by molar-refractivity contribution is 0.102. The zero-order chi connectivity index (χ0) is 21.3. The number of carbonyl (C=O) groups excluding carboxylic acids is 1. The van der Waals surface area contributed by atoms with Gasteiger partial charge in [-0.15, -0.1) is 0 Å². The van der Waals surface area contributed by atoms with Crippen LogP contribution in [0.15, 0.2) is 52.2 Å². The number of anilines is 1. The van der Waals surface area contributed by atoms with Gasteiger partial charge in [-0.1, -0.05) is 25.1 Å². The van der Waals surface area contributed by atoms with Gasteiger partial charge in [-0.2, -0.15) is 0 Å². The normalized spacial score (nSPS) is 11.4. The summed E-state index contributed by atoms with van der Waals surface area (Å²) in [5.41, 5.74) is -0.416. The number of ether oxygens (including phenoxy) is 1. The van der Waals surface area contributed by atoms with Gasteiger partial charge >= 0.3 is 0 Å². The second-order valence-corrected chi connectivity index (χ2v) is 8.61. The molecule has 29 heavy (non-hydrogen) atoms. The fraction of sp³-hybridized carbons (Fsp3) is 0.200. The number of carbonyl (C=O) groups is 1. The smallest absolute Gasteiger partial charge is 0.261 e. The second kappa shape index (κ2) is 7.59. The van der Waals surface area contributed by atoms with Crippen LogP contribution in [0.1, 0.15) is 17.3 Å². The number of nitrogens with zero attached hydrogens (tertiary/aromatic N) is 1. The first-order chi connectivity index (χ1) is 13.7. The Balaban J connectivity index is 2.15. The predicted molar refractivity (Wildman–Crippen MR) is 110 cm³/mol. The van der Waals surface area contributed by atoms with E-state index in [-0.39, 0.29) is 38.4 Å². The number of aromatic nitrogens is 1. The van der Waals surface area contributed by atoms with Crippen LogP contribution in [-0.2, 0) is 16.9 Å². The molecule has 2 N–H and O–H groups in total. The van der Waals surface area contributed by atoms with E-state index in [1.807, 2.05) is 0 Å². The van der Waals surface area contributed by atoms with Gasteiger partial charge in [-0.25, -0.2) is 8.42 Å². The molecule has 2 aromatic carbocycles. The molecule has 0 saturated heterocycles. The van der Waals surface area contributed by atoms with Crippen molar-refractivity contribution in [2.75, 3.05) is 18.2 Å². The van der Waals surface area contributed by atoms with Crippen molar-refractivity contribution in [2.24, 2.45) is 7.05 Å². The third kappa shape index (κ3) is 3.56. The number of hydrogen-bond acceptors (Lipinski definition) is 6. The van der Waals surface area contributed by atoms with E-state index in [1.165, 1.54) is 39.3 Å². The van der Waals surface area contributed by atoms with Crippen molar-refractivity contribution in [1.82, 2.24) is 4.57 Å². The molecule has 3 aromatic rings. The fourth-order valence-corrected chi connectivity index (χ4v) is 3.91. The Labute approximate surface area is 167 Å². The summed E-state index contributed by atoms with van der Waals surface area (Å²) in [4.78, 5) is 25.4. The molecule has 1 aromatic heterocycles. The summed E-state index contributed by atoms with van der Waals surface area (Å²) in [6, 6.07) is 10.6. The summed E-state index contributed by atoms with van der Waals surface area (Å²) in [6.07, 6.45) is 0. The maximum absolute atomic E-state index is 13.0. The van der Waals surface area contributed by atoms with Gasteiger partial charge in [0.1, 0.15) is 11.3 Å². The minimum atomic E-state index is -3.50. The Kier molecular flexibility index (Phi) is 5.34. The van der Waals surface area contributed by atoms with Crippen LogP contribution in [0.3, 0.4) is 0 Å². The maximum Gasteiger partial charge on any atom is 0.261 e. The molecule has 0 spiro atoms. The highest BCUT2D eigenvalue weighted by Crippen LogP contribution is 2.30. The summed E-state index contributed by atoms with van der Waals surface area (Å²) in [6.45, 7) is 1.52. The summed E-state index contributed by atoms with van der Waals surface area (Å²) in [5.74, 6) is -1.05. The lowest BCUT2D eigenvalue weighted by Crippen LogP contribution is -2.22. The van der Waals surface area contributed by atoms with Crippen LogP contribution < -0.4 is 15.6 Å². The molecular formula is C20H20N2O6S. The third-order valence-electron chi connectivity index (χ3n) is 4.66. The van der Waals surface area contributed by atoms with E-state index in [0.717, 1.165) is 4.57 Å². The third-order valence-corrected chi connectivity index (χ3v) is 6.39. The second-order valence-electron chi connectivity index (χ2n) is 6.33. The first kappa shape index (κ1) is 20.4. The molecule has 0 fully saturated rings. The lowest BCUT2D eigenvalue weighted by atomic mass is 10.1. The quantitative estimate of drug-likeness (QED) is 0.660. The Morgan fingerprint density at radius 3 is 2.45 bits per heavy atom. The SMILES string of the molecule is CCS(=O)(=O)c1ccc(OC)c(NC(=O)c2c(O)n(C)c(=O)c3ccccc23)c1. The van der Waals surface area contributed by atoms with E-state index in [2.05, 4.69) is 5.32 Å². The average Bonchev–Trinajstić information content (AvgIpc) is 2.72. The summed E-state index contributed by atoms with van der Waals surface area (Å²) >= 11 is 0.